The molecule has 0 N–H and O–H groups in total. The van der Waals surface area contributed by atoms with E-state index in [-0.39, 0.29) is 17.6 Å². The molecule has 3 nitrogen and oxygen atoms in total. The molecule has 1 heterocycles. The molecule has 1 fully saturated rings. The van der Waals surface area contributed by atoms with E-state index in [2.05, 4.69) is 25.5 Å². The van der Waals surface area contributed by atoms with Crippen LogP contribution in [0.15, 0.2) is 0 Å². The predicted octanol–water partition coefficient (Wildman–Crippen LogP) is 1.87. The number of rotatable bonds is 0. The highest BCUT2D eigenvalue weighted by Gasteiger charge is 2.39. The highest BCUT2D eigenvalue weighted by Crippen LogP contribution is 2.35. The molecule has 3 heteroatoms. The standard InChI is InChI=1S/C9H17NO2/c1-7-9(2,3)5-6-10(7)8(11)12-4/h7H,5-6H2,1-4H3. The summed E-state index contributed by atoms with van der Waals surface area (Å²) in [6, 6.07) is 0.282. The fraction of sp³-hybridized carbons (Fsp3) is 0.889. The Balaban J connectivity index is 2.67. The zero-order valence-electron chi connectivity index (χ0n) is 8.26. The summed E-state index contributed by atoms with van der Waals surface area (Å²) in [5, 5.41) is 0. The Morgan fingerprint density at radius 3 is 2.50 bits per heavy atom. The molecule has 0 aromatic rings. The van der Waals surface area contributed by atoms with Crippen LogP contribution in [0, 0.1) is 5.41 Å². The van der Waals surface area contributed by atoms with Crippen LogP contribution < -0.4 is 0 Å². The first-order valence-corrected chi connectivity index (χ1v) is 4.33. The molecule has 0 bridgehead atoms. The fourth-order valence-electron chi connectivity index (χ4n) is 1.60. The van der Waals surface area contributed by atoms with Gasteiger partial charge in [0.1, 0.15) is 0 Å². The lowest BCUT2D eigenvalue weighted by atomic mass is 9.86. The molecule has 1 aliphatic heterocycles. The van der Waals surface area contributed by atoms with Crippen molar-refractivity contribution in [3.8, 4) is 0 Å². The third kappa shape index (κ3) is 1.40. The minimum Gasteiger partial charge on any atom is -0.453 e. The summed E-state index contributed by atoms with van der Waals surface area (Å²) in [6.07, 6.45) is 0.858. The lowest BCUT2D eigenvalue weighted by molar-refractivity contribution is 0.110. The number of hydrogen-bond acceptors (Lipinski definition) is 2. The predicted molar refractivity (Wildman–Crippen MR) is 47.0 cm³/mol. The van der Waals surface area contributed by atoms with Gasteiger partial charge in [-0.1, -0.05) is 13.8 Å². The molecule has 0 radical (unpaired) electrons. The second-order valence-corrected chi connectivity index (χ2v) is 4.08. The van der Waals surface area contributed by atoms with Crippen LogP contribution in [0.5, 0.6) is 0 Å². The van der Waals surface area contributed by atoms with E-state index >= 15 is 0 Å². The summed E-state index contributed by atoms with van der Waals surface area (Å²) in [5.74, 6) is 0. The van der Waals surface area contributed by atoms with Crippen LogP contribution in [0.4, 0.5) is 4.79 Å². The molecule has 0 aromatic heterocycles. The summed E-state index contributed by atoms with van der Waals surface area (Å²) >= 11 is 0. The quantitative estimate of drug-likeness (QED) is 0.557. The summed E-state index contributed by atoms with van der Waals surface area (Å²) in [5.41, 5.74) is 0.230. The van der Waals surface area contributed by atoms with E-state index in [1.54, 1.807) is 4.90 Å². The maximum Gasteiger partial charge on any atom is 0.409 e. The van der Waals surface area contributed by atoms with Gasteiger partial charge in [0, 0.05) is 12.6 Å². The number of methoxy groups -OCH3 is 1. The molecule has 1 atom stereocenters. The molecule has 12 heavy (non-hydrogen) atoms. The van der Waals surface area contributed by atoms with Crippen molar-refractivity contribution < 1.29 is 9.53 Å². The van der Waals surface area contributed by atoms with Crippen LogP contribution in [0.3, 0.4) is 0 Å². The van der Waals surface area contributed by atoms with Crippen LogP contribution >= 0.6 is 0 Å². The summed E-state index contributed by atoms with van der Waals surface area (Å²) in [6.45, 7) is 7.26. The van der Waals surface area contributed by atoms with Gasteiger partial charge in [0.15, 0.2) is 0 Å². The second-order valence-electron chi connectivity index (χ2n) is 4.08. The lowest BCUT2D eigenvalue weighted by Gasteiger charge is -2.28. The van der Waals surface area contributed by atoms with Gasteiger partial charge >= 0.3 is 6.09 Å². The van der Waals surface area contributed by atoms with Crippen LogP contribution in [0.1, 0.15) is 27.2 Å². The van der Waals surface area contributed by atoms with Crippen LogP contribution in [0.2, 0.25) is 0 Å². The summed E-state index contributed by atoms with van der Waals surface area (Å²) < 4.78 is 4.68. The molecule has 0 saturated carbocycles. The maximum atomic E-state index is 11.2. The molecule has 0 aliphatic carbocycles. The molecule has 0 spiro atoms. The van der Waals surface area contributed by atoms with Gasteiger partial charge < -0.3 is 9.64 Å². The van der Waals surface area contributed by atoms with Gasteiger partial charge in [0.05, 0.1) is 7.11 Å². The number of carbonyl (C=O) groups is 1. The topological polar surface area (TPSA) is 29.5 Å². The van der Waals surface area contributed by atoms with Crippen molar-refractivity contribution in [3.05, 3.63) is 0 Å². The Bertz CT molecular complexity index is 189. The van der Waals surface area contributed by atoms with Gasteiger partial charge in [-0.05, 0) is 18.8 Å². The molecule has 0 aromatic carbocycles. The van der Waals surface area contributed by atoms with Crippen LogP contribution in [-0.4, -0.2) is 30.7 Å². The van der Waals surface area contributed by atoms with Crippen molar-refractivity contribution in [3.63, 3.8) is 0 Å². The maximum absolute atomic E-state index is 11.2. The number of likely N-dealkylation sites (tertiary alicyclic amines) is 1. The van der Waals surface area contributed by atoms with Crippen molar-refractivity contribution in [2.24, 2.45) is 5.41 Å². The smallest absolute Gasteiger partial charge is 0.409 e. The molecular formula is C9H17NO2. The third-order valence-corrected chi connectivity index (χ3v) is 3.00. The SMILES string of the molecule is COC(=O)N1CCC(C)(C)C1C. The Labute approximate surface area is 73.7 Å². The van der Waals surface area contributed by atoms with Crippen molar-refractivity contribution in [2.75, 3.05) is 13.7 Å². The van der Waals surface area contributed by atoms with Gasteiger partial charge in [-0.2, -0.15) is 0 Å². The molecule has 1 saturated heterocycles. The van der Waals surface area contributed by atoms with E-state index < -0.39 is 0 Å². The Morgan fingerprint density at radius 2 is 2.17 bits per heavy atom. The zero-order valence-corrected chi connectivity index (χ0v) is 8.26. The first-order chi connectivity index (χ1) is 5.49. The van der Waals surface area contributed by atoms with Gasteiger partial charge in [-0.3, -0.25) is 0 Å². The first-order valence-electron chi connectivity index (χ1n) is 4.33. The Hall–Kier alpha value is -0.730. The Kier molecular flexibility index (Phi) is 2.31. The number of amides is 1. The number of carbonyl (C=O) groups excluding carboxylic acids is 1. The van der Waals surface area contributed by atoms with Gasteiger partial charge in [-0.25, -0.2) is 4.79 Å². The Morgan fingerprint density at radius 1 is 1.58 bits per heavy atom. The normalized spacial score (nSPS) is 27.3. The molecule has 1 aliphatic rings. The first kappa shape index (κ1) is 9.36. The molecule has 70 valence electrons. The average molecular weight is 171 g/mol. The summed E-state index contributed by atoms with van der Waals surface area (Å²) in [7, 11) is 1.43. The van der Waals surface area contributed by atoms with Crippen LogP contribution in [0.25, 0.3) is 0 Å². The van der Waals surface area contributed by atoms with E-state index in [9.17, 15) is 4.79 Å². The lowest BCUT2D eigenvalue weighted by Crippen LogP contribution is -2.38. The monoisotopic (exact) mass is 171 g/mol. The highest BCUT2D eigenvalue weighted by molar-refractivity contribution is 5.68. The van der Waals surface area contributed by atoms with E-state index in [0.29, 0.717) is 0 Å². The number of ether oxygens (including phenoxy) is 1. The highest BCUT2D eigenvalue weighted by atomic mass is 16.5. The number of nitrogens with zero attached hydrogens (tertiary/aromatic N) is 1. The van der Waals surface area contributed by atoms with Gasteiger partial charge in [0.25, 0.3) is 0 Å². The van der Waals surface area contributed by atoms with Crippen molar-refractivity contribution >= 4 is 6.09 Å². The van der Waals surface area contributed by atoms with E-state index in [1.165, 1.54) is 7.11 Å². The van der Waals surface area contributed by atoms with Crippen molar-refractivity contribution in [2.45, 2.75) is 33.2 Å². The van der Waals surface area contributed by atoms with E-state index in [4.69, 9.17) is 0 Å². The number of hydrogen-bond donors (Lipinski definition) is 0. The van der Waals surface area contributed by atoms with Crippen LogP contribution in [-0.2, 0) is 4.74 Å². The minimum atomic E-state index is -0.201. The summed E-state index contributed by atoms with van der Waals surface area (Å²) in [4.78, 5) is 13.0. The zero-order chi connectivity index (χ0) is 9.35. The average Bonchev–Trinajstić information content (AvgIpc) is 2.27. The molecule has 1 unspecified atom stereocenters. The minimum absolute atomic E-state index is 0.201. The van der Waals surface area contributed by atoms with Gasteiger partial charge in [0.2, 0.25) is 0 Å². The van der Waals surface area contributed by atoms with E-state index in [0.717, 1.165) is 13.0 Å². The van der Waals surface area contributed by atoms with Crippen molar-refractivity contribution in [1.82, 2.24) is 4.90 Å². The molecular weight excluding hydrogens is 154 g/mol. The second kappa shape index (κ2) is 2.96. The molecule has 1 rings (SSSR count). The fourth-order valence-corrected chi connectivity index (χ4v) is 1.60. The molecule has 1 amide bonds. The largest absolute Gasteiger partial charge is 0.453 e. The third-order valence-electron chi connectivity index (χ3n) is 3.00. The van der Waals surface area contributed by atoms with Crippen molar-refractivity contribution in [1.29, 1.82) is 0 Å². The van der Waals surface area contributed by atoms with E-state index in [1.807, 2.05) is 0 Å². The van der Waals surface area contributed by atoms with Gasteiger partial charge in [-0.15, -0.1) is 0 Å².